The lowest BCUT2D eigenvalue weighted by atomic mass is 10.4. The number of aryl methyl sites for hydroxylation is 1. The van der Waals surface area contributed by atoms with E-state index in [9.17, 15) is 0 Å². The molecule has 0 aliphatic rings. The summed E-state index contributed by atoms with van der Waals surface area (Å²) in [5.41, 5.74) is 1.16. The molecule has 2 nitrogen and oxygen atoms in total. The van der Waals surface area contributed by atoms with Crippen molar-refractivity contribution in [3.05, 3.63) is 24.0 Å². The van der Waals surface area contributed by atoms with E-state index in [2.05, 4.69) is 40.1 Å². The van der Waals surface area contributed by atoms with E-state index in [4.69, 9.17) is 0 Å². The molecule has 1 heterocycles. The highest BCUT2D eigenvalue weighted by molar-refractivity contribution is 9.09. The van der Waals surface area contributed by atoms with E-state index in [-0.39, 0.29) is 0 Å². The number of nitrogens with zero attached hydrogens (tertiary/aromatic N) is 2. The molecular weight excluding hydrogens is 204 g/mol. The Morgan fingerprint density at radius 3 is 3.18 bits per heavy atom. The molecule has 0 aliphatic heterocycles. The maximum Gasteiger partial charge on any atom is 0.0606 e. The van der Waals surface area contributed by atoms with E-state index in [1.54, 1.807) is 0 Å². The van der Waals surface area contributed by atoms with Gasteiger partial charge in [-0.15, -0.1) is 0 Å². The van der Waals surface area contributed by atoms with Gasteiger partial charge in [0.05, 0.1) is 5.69 Å². The monoisotopic (exact) mass is 214 g/mol. The highest BCUT2D eigenvalue weighted by Crippen LogP contribution is 2.01. The molecule has 0 aliphatic carbocycles. The first-order valence-electron chi connectivity index (χ1n) is 3.62. The molecule has 0 saturated heterocycles. The zero-order chi connectivity index (χ0) is 8.10. The Bertz CT molecular complexity index is 240. The third-order valence-corrected chi connectivity index (χ3v) is 1.80. The van der Waals surface area contributed by atoms with Crippen LogP contribution in [0.2, 0.25) is 0 Å². The van der Waals surface area contributed by atoms with Crippen LogP contribution in [0, 0.1) is 0 Å². The Hall–Kier alpha value is -0.570. The fourth-order valence-corrected chi connectivity index (χ4v) is 1.10. The second-order valence-electron chi connectivity index (χ2n) is 2.13. The van der Waals surface area contributed by atoms with Crippen molar-refractivity contribution in [3.8, 4) is 0 Å². The van der Waals surface area contributed by atoms with Crippen molar-refractivity contribution in [3.63, 3.8) is 0 Å². The molecule has 0 N–H and O–H groups in total. The van der Waals surface area contributed by atoms with Crippen LogP contribution in [0.5, 0.6) is 0 Å². The third kappa shape index (κ3) is 2.19. The summed E-state index contributed by atoms with van der Waals surface area (Å²) in [4.78, 5) is 0. The second-order valence-corrected chi connectivity index (χ2v) is 2.78. The SMILES string of the molecule is CCn1nccc1/C=C/CBr. The molecule has 11 heavy (non-hydrogen) atoms. The topological polar surface area (TPSA) is 17.8 Å². The van der Waals surface area contributed by atoms with Crippen molar-refractivity contribution >= 4 is 22.0 Å². The minimum Gasteiger partial charge on any atom is -0.266 e. The van der Waals surface area contributed by atoms with Crippen LogP contribution >= 0.6 is 15.9 Å². The maximum atomic E-state index is 4.14. The van der Waals surface area contributed by atoms with Crippen molar-refractivity contribution < 1.29 is 0 Å². The quantitative estimate of drug-likeness (QED) is 0.707. The van der Waals surface area contributed by atoms with Gasteiger partial charge < -0.3 is 0 Å². The summed E-state index contributed by atoms with van der Waals surface area (Å²) in [5.74, 6) is 0. The molecule has 0 fully saturated rings. The smallest absolute Gasteiger partial charge is 0.0606 e. The number of allylic oxidation sites excluding steroid dienone is 1. The Kier molecular flexibility index (Phi) is 3.36. The highest BCUT2D eigenvalue weighted by atomic mass is 79.9. The van der Waals surface area contributed by atoms with Crippen LogP contribution in [0.15, 0.2) is 18.3 Å². The van der Waals surface area contributed by atoms with Crippen LogP contribution in [-0.4, -0.2) is 15.1 Å². The Balaban J connectivity index is 2.76. The first-order chi connectivity index (χ1) is 5.38. The van der Waals surface area contributed by atoms with Crippen molar-refractivity contribution in [1.29, 1.82) is 0 Å². The molecule has 1 aromatic heterocycles. The summed E-state index contributed by atoms with van der Waals surface area (Å²) in [6.07, 6.45) is 5.94. The van der Waals surface area contributed by atoms with Gasteiger partial charge in [-0.25, -0.2) is 0 Å². The molecule has 0 saturated carbocycles. The molecule has 0 atom stereocenters. The zero-order valence-corrected chi connectivity index (χ0v) is 8.08. The lowest BCUT2D eigenvalue weighted by Gasteiger charge is -1.97. The summed E-state index contributed by atoms with van der Waals surface area (Å²) in [5, 5.41) is 5.03. The lowest BCUT2D eigenvalue weighted by Crippen LogP contribution is -1.97. The Morgan fingerprint density at radius 2 is 2.55 bits per heavy atom. The van der Waals surface area contributed by atoms with E-state index < -0.39 is 0 Å². The first-order valence-corrected chi connectivity index (χ1v) is 4.75. The van der Waals surface area contributed by atoms with Crippen LogP contribution in [0.4, 0.5) is 0 Å². The van der Waals surface area contributed by atoms with Crippen LogP contribution in [0.1, 0.15) is 12.6 Å². The normalized spacial score (nSPS) is 11.1. The van der Waals surface area contributed by atoms with Gasteiger partial charge in [0, 0.05) is 18.1 Å². The number of aromatic nitrogens is 2. The van der Waals surface area contributed by atoms with Crippen LogP contribution in [-0.2, 0) is 6.54 Å². The van der Waals surface area contributed by atoms with E-state index in [0.717, 1.165) is 17.6 Å². The molecule has 0 radical (unpaired) electrons. The molecule has 0 amide bonds. The van der Waals surface area contributed by atoms with Crippen LogP contribution in [0.25, 0.3) is 6.08 Å². The van der Waals surface area contributed by atoms with Gasteiger partial charge in [0.15, 0.2) is 0 Å². The lowest BCUT2D eigenvalue weighted by molar-refractivity contribution is 0.654. The molecule has 3 heteroatoms. The van der Waals surface area contributed by atoms with E-state index in [1.807, 2.05) is 16.9 Å². The summed E-state index contributed by atoms with van der Waals surface area (Å²) in [6.45, 7) is 3.01. The number of hydrogen-bond acceptors (Lipinski definition) is 1. The van der Waals surface area contributed by atoms with E-state index in [1.165, 1.54) is 0 Å². The van der Waals surface area contributed by atoms with E-state index >= 15 is 0 Å². The van der Waals surface area contributed by atoms with Crippen LogP contribution in [0.3, 0.4) is 0 Å². The molecule has 60 valence electrons. The third-order valence-electron chi connectivity index (χ3n) is 1.43. The summed E-state index contributed by atoms with van der Waals surface area (Å²) < 4.78 is 1.96. The maximum absolute atomic E-state index is 4.14. The van der Waals surface area contributed by atoms with Gasteiger partial charge >= 0.3 is 0 Å². The van der Waals surface area contributed by atoms with Gasteiger partial charge in [0.25, 0.3) is 0 Å². The van der Waals surface area contributed by atoms with Gasteiger partial charge in [0.2, 0.25) is 0 Å². The fraction of sp³-hybridized carbons (Fsp3) is 0.375. The second kappa shape index (κ2) is 4.34. The van der Waals surface area contributed by atoms with Gasteiger partial charge in [0.1, 0.15) is 0 Å². The standard InChI is InChI=1S/C8H11BrN2/c1-2-11-8(4-3-6-9)5-7-10-11/h3-5,7H,2,6H2,1H3/b4-3+. The summed E-state index contributed by atoms with van der Waals surface area (Å²) >= 11 is 3.33. The predicted octanol–water partition coefficient (Wildman–Crippen LogP) is 2.31. The minimum absolute atomic E-state index is 0.891. The average molecular weight is 215 g/mol. The van der Waals surface area contributed by atoms with Crippen molar-refractivity contribution in [1.82, 2.24) is 9.78 Å². The molecule has 0 spiro atoms. The van der Waals surface area contributed by atoms with Gasteiger partial charge in [-0.3, -0.25) is 4.68 Å². The number of rotatable bonds is 3. The van der Waals surface area contributed by atoms with Crippen molar-refractivity contribution in [2.24, 2.45) is 0 Å². The highest BCUT2D eigenvalue weighted by Gasteiger charge is 1.93. The number of halogens is 1. The van der Waals surface area contributed by atoms with Crippen molar-refractivity contribution in [2.45, 2.75) is 13.5 Å². The number of alkyl halides is 1. The van der Waals surface area contributed by atoms with Gasteiger partial charge in [-0.2, -0.15) is 5.10 Å². The number of hydrogen-bond donors (Lipinski definition) is 0. The first kappa shape index (κ1) is 8.53. The van der Waals surface area contributed by atoms with Gasteiger partial charge in [-0.1, -0.05) is 22.0 Å². The molecule has 0 unspecified atom stereocenters. The van der Waals surface area contributed by atoms with E-state index in [0.29, 0.717) is 0 Å². The molecule has 1 rings (SSSR count). The van der Waals surface area contributed by atoms with Gasteiger partial charge in [-0.05, 0) is 19.1 Å². The largest absolute Gasteiger partial charge is 0.266 e. The summed E-state index contributed by atoms with van der Waals surface area (Å²) in [7, 11) is 0. The fourth-order valence-electron chi connectivity index (χ4n) is 0.914. The van der Waals surface area contributed by atoms with Crippen LogP contribution < -0.4 is 0 Å². The molecule has 1 aromatic rings. The zero-order valence-electron chi connectivity index (χ0n) is 6.50. The Labute approximate surface area is 75.0 Å². The molecule has 0 bridgehead atoms. The summed E-state index contributed by atoms with van der Waals surface area (Å²) in [6, 6.07) is 2.00. The average Bonchev–Trinajstić information content (AvgIpc) is 2.47. The predicted molar refractivity (Wildman–Crippen MR) is 50.7 cm³/mol. The van der Waals surface area contributed by atoms with Crippen molar-refractivity contribution in [2.75, 3.05) is 5.33 Å². The minimum atomic E-state index is 0.891. The molecular formula is C8H11BrN2. The molecule has 0 aromatic carbocycles. The Morgan fingerprint density at radius 1 is 1.73 bits per heavy atom.